The second-order valence-electron chi connectivity index (χ2n) is 6.29. The molecule has 0 aliphatic rings. The third-order valence-electron chi connectivity index (χ3n) is 4.28. The molecular weight excluding hydrogens is 354 g/mol. The van der Waals surface area contributed by atoms with E-state index >= 15 is 0 Å². The molecule has 0 heterocycles. The number of ether oxygens (including phenoxy) is 1. The predicted octanol–water partition coefficient (Wildman–Crippen LogP) is 5.00. The molecule has 0 aromatic heterocycles. The first-order valence-corrected chi connectivity index (χ1v) is 9.82. The second-order valence-corrected chi connectivity index (χ2v) is 7.33. The zero-order chi connectivity index (χ0) is 19.1. The number of hydrogen-bond acceptors (Lipinski definition) is 3. The molecule has 3 aromatic carbocycles. The van der Waals surface area contributed by atoms with Crippen molar-refractivity contribution in [1.29, 1.82) is 0 Å². The summed E-state index contributed by atoms with van der Waals surface area (Å²) < 4.78 is 5.17. The van der Waals surface area contributed by atoms with Crippen molar-refractivity contribution in [3.63, 3.8) is 0 Å². The van der Waals surface area contributed by atoms with E-state index in [1.807, 2.05) is 54.6 Å². The first-order chi connectivity index (χ1) is 13.2. The lowest BCUT2D eigenvalue weighted by Crippen LogP contribution is -2.30. The van der Waals surface area contributed by atoms with Crippen molar-refractivity contribution in [2.24, 2.45) is 0 Å². The Labute approximate surface area is 164 Å². The van der Waals surface area contributed by atoms with Gasteiger partial charge in [0.05, 0.1) is 18.9 Å². The molecule has 0 fully saturated rings. The zero-order valence-electron chi connectivity index (χ0n) is 15.5. The van der Waals surface area contributed by atoms with Crippen LogP contribution in [0.15, 0.2) is 83.8 Å². The Morgan fingerprint density at radius 2 is 1.56 bits per heavy atom. The molecule has 1 N–H and O–H groups in total. The van der Waals surface area contributed by atoms with Crippen LogP contribution in [-0.2, 0) is 4.79 Å². The van der Waals surface area contributed by atoms with E-state index in [0.29, 0.717) is 5.75 Å². The van der Waals surface area contributed by atoms with Gasteiger partial charge in [0.25, 0.3) is 0 Å². The Morgan fingerprint density at radius 1 is 0.926 bits per heavy atom. The van der Waals surface area contributed by atoms with Crippen molar-refractivity contribution in [1.82, 2.24) is 5.32 Å². The SMILES string of the molecule is COc1ccc(SCC(=O)N[C@@H](c2ccccc2)c2ccc(C)cc2)cc1. The summed E-state index contributed by atoms with van der Waals surface area (Å²) in [5, 5.41) is 3.18. The number of benzene rings is 3. The van der Waals surface area contributed by atoms with E-state index in [4.69, 9.17) is 4.74 Å². The molecule has 0 unspecified atom stereocenters. The molecule has 0 saturated carbocycles. The summed E-state index contributed by atoms with van der Waals surface area (Å²) in [5.41, 5.74) is 3.35. The fraction of sp³-hybridized carbons (Fsp3) is 0.174. The van der Waals surface area contributed by atoms with Gasteiger partial charge >= 0.3 is 0 Å². The highest BCUT2D eigenvalue weighted by Gasteiger charge is 2.16. The highest BCUT2D eigenvalue weighted by Crippen LogP contribution is 2.24. The summed E-state index contributed by atoms with van der Waals surface area (Å²) in [5.74, 6) is 1.18. The topological polar surface area (TPSA) is 38.3 Å². The third kappa shape index (κ3) is 5.38. The van der Waals surface area contributed by atoms with E-state index in [0.717, 1.165) is 21.8 Å². The second kappa shape index (κ2) is 9.28. The van der Waals surface area contributed by atoms with Crippen LogP contribution in [0.2, 0.25) is 0 Å². The number of carbonyl (C=O) groups is 1. The number of rotatable bonds is 7. The predicted molar refractivity (Wildman–Crippen MR) is 111 cm³/mol. The van der Waals surface area contributed by atoms with Crippen molar-refractivity contribution in [2.45, 2.75) is 17.9 Å². The Balaban J connectivity index is 1.69. The van der Waals surface area contributed by atoms with Gasteiger partial charge in [0.15, 0.2) is 0 Å². The van der Waals surface area contributed by atoms with Crippen LogP contribution in [0.3, 0.4) is 0 Å². The van der Waals surface area contributed by atoms with Gasteiger partial charge in [-0.25, -0.2) is 0 Å². The van der Waals surface area contributed by atoms with Gasteiger partial charge in [-0.1, -0.05) is 60.2 Å². The van der Waals surface area contributed by atoms with Gasteiger partial charge in [-0.15, -0.1) is 11.8 Å². The van der Waals surface area contributed by atoms with Crippen molar-refractivity contribution in [2.75, 3.05) is 12.9 Å². The Kier molecular flexibility index (Phi) is 6.55. The maximum absolute atomic E-state index is 12.6. The minimum absolute atomic E-state index is 0.00486. The maximum Gasteiger partial charge on any atom is 0.231 e. The van der Waals surface area contributed by atoms with Gasteiger partial charge < -0.3 is 10.1 Å². The molecule has 0 aliphatic heterocycles. The highest BCUT2D eigenvalue weighted by molar-refractivity contribution is 8.00. The van der Waals surface area contributed by atoms with Crippen molar-refractivity contribution >= 4 is 17.7 Å². The molecule has 0 aliphatic carbocycles. The summed E-state index contributed by atoms with van der Waals surface area (Å²) in [6, 6.07) is 25.9. The summed E-state index contributed by atoms with van der Waals surface area (Å²) >= 11 is 1.51. The molecule has 3 aromatic rings. The molecule has 0 spiro atoms. The first kappa shape index (κ1) is 19.1. The molecule has 4 heteroatoms. The smallest absolute Gasteiger partial charge is 0.231 e. The lowest BCUT2D eigenvalue weighted by molar-refractivity contribution is -0.119. The maximum atomic E-state index is 12.6. The van der Waals surface area contributed by atoms with Crippen molar-refractivity contribution < 1.29 is 9.53 Å². The lowest BCUT2D eigenvalue weighted by Gasteiger charge is -2.20. The van der Waals surface area contributed by atoms with E-state index < -0.39 is 0 Å². The average Bonchev–Trinajstić information content (AvgIpc) is 2.72. The molecule has 0 radical (unpaired) electrons. The molecule has 3 rings (SSSR count). The summed E-state index contributed by atoms with van der Waals surface area (Å²) in [4.78, 5) is 13.6. The molecule has 27 heavy (non-hydrogen) atoms. The molecule has 0 saturated heterocycles. The minimum atomic E-state index is -0.157. The number of thioether (sulfide) groups is 1. The number of aryl methyl sites for hydroxylation is 1. The highest BCUT2D eigenvalue weighted by atomic mass is 32.2. The lowest BCUT2D eigenvalue weighted by atomic mass is 9.98. The molecule has 3 nitrogen and oxygen atoms in total. The number of nitrogens with one attached hydrogen (secondary N) is 1. The van der Waals surface area contributed by atoms with E-state index in [9.17, 15) is 4.79 Å². The zero-order valence-corrected chi connectivity index (χ0v) is 16.3. The molecule has 138 valence electrons. The summed E-state index contributed by atoms with van der Waals surface area (Å²) in [6.45, 7) is 2.06. The quantitative estimate of drug-likeness (QED) is 0.589. The Morgan fingerprint density at radius 3 is 2.19 bits per heavy atom. The van der Waals surface area contributed by atoms with Crippen molar-refractivity contribution in [3.05, 3.63) is 95.6 Å². The largest absolute Gasteiger partial charge is 0.497 e. The van der Waals surface area contributed by atoms with Crippen LogP contribution in [0.5, 0.6) is 5.75 Å². The van der Waals surface area contributed by atoms with Gasteiger partial charge in [0.2, 0.25) is 5.91 Å². The minimum Gasteiger partial charge on any atom is -0.497 e. The van der Waals surface area contributed by atoms with Gasteiger partial charge in [0, 0.05) is 4.90 Å². The summed E-state index contributed by atoms with van der Waals surface area (Å²) in [7, 11) is 1.64. The van der Waals surface area contributed by atoms with Crippen LogP contribution in [0.1, 0.15) is 22.7 Å². The van der Waals surface area contributed by atoms with Crippen LogP contribution in [0.4, 0.5) is 0 Å². The van der Waals surface area contributed by atoms with Crippen LogP contribution >= 0.6 is 11.8 Å². The van der Waals surface area contributed by atoms with Gasteiger partial charge in [0.1, 0.15) is 5.75 Å². The number of hydrogen-bond donors (Lipinski definition) is 1. The van der Waals surface area contributed by atoms with Gasteiger partial charge in [-0.05, 0) is 42.3 Å². The first-order valence-electron chi connectivity index (χ1n) is 8.83. The third-order valence-corrected chi connectivity index (χ3v) is 5.29. The van der Waals surface area contributed by atoms with E-state index in [-0.39, 0.29) is 11.9 Å². The van der Waals surface area contributed by atoms with Gasteiger partial charge in [-0.3, -0.25) is 4.79 Å². The molecular formula is C23H23NO2S. The van der Waals surface area contributed by atoms with Gasteiger partial charge in [-0.2, -0.15) is 0 Å². The molecule has 1 atom stereocenters. The van der Waals surface area contributed by atoms with Crippen LogP contribution < -0.4 is 10.1 Å². The average molecular weight is 378 g/mol. The van der Waals surface area contributed by atoms with E-state index in [2.05, 4.69) is 36.5 Å². The fourth-order valence-corrected chi connectivity index (χ4v) is 3.50. The molecule has 1 amide bonds. The van der Waals surface area contributed by atoms with E-state index in [1.54, 1.807) is 7.11 Å². The number of methoxy groups -OCH3 is 1. The fourth-order valence-electron chi connectivity index (χ4n) is 2.79. The summed E-state index contributed by atoms with van der Waals surface area (Å²) in [6.07, 6.45) is 0. The normalized spacial score (nSPS) is 11.6. The van der Waals surface area contributed by atoms with Crippen LogP contribution in [-0.4, -0.2) is 18.8 Å². The van der Waals surface area contributed by atoms with Crippen LogP contribution in [0.25, 0.3) is 0 Å². The standard InChI is InChI=1S/C23H23NO2S/c1-17-8-10-19(11-9-17)23(18-6-4-3-5-7-18)24-22(25)16-27-21-14-12-20(26-2)13-15-21/h3-15,23H,16H2,1-2H3,(H,24,25)/t23-/m0/s1. The monoisotopic (exact) mass is 377 g/mol. The number of amides is 1. The molecule has 0 bridgehead atoms. The van der Waals surface area contributed by atoms with Crippen LogP contribution in [0, 0.1) is 6.92 Å². The van der Waals surface area contributed by atoms with E-state index in [1.165, 1.54) is 17.3 Å². The Bertz CT molecular complexity index is 861. The van der Waals surface area contributed by atoms with Crippen molar-refractivity contribution in [3.8, 4) is 5.75 Å². The number of carbonyl (C=O) groups excluding carboxylic acids is 1. The Hall–Kier alpha value is -2.72.